The van der Waals surface area contributed by atoms with Gasteiger partial charge in [0.15, 0.2) is 0 Å². The van der Waals surface area contributed by atoms with E-state index in [9.17, 15) is 13.2 Å². The molecular weight excluding hydrogens is 312 g/mol. The molecule has 6 nitrogen and oxygen atoms in total. The summed E-state index contributed by atoms with van der Waals surface area (Å²) in [5.41, 5.74) is -0.0965. The van der Waals surface area contributed by atoms with Crippen molar-refractivity contribution < 1.29 is 17.9 Å². The zero-order valence-corrected chi connectivity index (χ0v) is 14.4. The number of sulfonamides is 1. The molecule has 0 unspecified atom stereocenters. The van der Waals surface area contributed by atoms with Gasteiger partial charge in [0.05, 0.1) is 9.77 Å². The van der Waals surface area contributed by atoms with Crippen molar-refractivity contribution in [2.75, 3.05) is 20.3 Å². The molecule has 1 rings (SSSR count). The van der Waals surface area contributed by atoms with E-state index in [2.05, 4.69) is 5.32 Å². The van der Waals surface area contributed by atoms with E-state index in [1.807, 2.05) is 13.8 Å². The van der Waals surface area contributed by atoms with Crippen molar-refractivity contribution in [3.63, 3.8) is 0 Å². The minimum Gasteiger partial charge on any atom is -0.385 e. The number of nitrogens with two attached hydrogens (primary N) is 1. The van der Waals surface area contributed by atoms with Crippen molar-refractivity contribution in [3.8, 4) is 0 Å². The van der Waals surface area contributed by atoms with Crippen LogP contribution in [0.1, 0.15) is 34.8 Å². The zero-order chi connectivity index (χ0) is 16.3. The second-order valence-corrected chi connectivity index (χ2v) is 8.45. The van der Waals surface area contributed by atoms with Crippen molar-refractivity contribution in [3.05, 3.63) is 15.8 Å². The van der Waals surface area contributed by atoms with Gasteiger partial charge in [0.2, 0.25) is 10.0 Å². The molecule has 0 fully saturated rings. The van der Waals surface area contributed by atoms with Crippen LogP contribution in [0.2, 0.25) is 0 Å². The SMILES string of the molecule is COCCC(C)(C)CNC(=O)c1cc(S(N)(=O)=O)c(C)s1. The van der Waals surface area contributed by atoms with Gasteiger partial charge in [-0.3, -0.25) is 4.79 Å². The van der Waals surface area contributed by atoms with Crippen LogP contribution in [0.5, 0.6) is 0 Å². The number of nitrogens with one attached hydrogen (secondary N) is 1. The quantitative estimate of drug-likeness (QED) is 0.789. The topological polar surface area (TPSA) is 98.5 Å². The first-order valence-electron chi connectivity index (χ1n) is 6.47. The molecule has 3 N–H and O–H groups in total. The number of primary sulfonamides is 1. The number of methoxy groups -OCH3 is 1. The molecule has 0 bridgehead atoms. The van der Waals surface area contributed by atoms with Gasteiger partial charge in [0.25, 0.3) is 5.91 Å². The van der Waals surface area contributed by atoms with Crippen LogP contribution >= 0.6 is 11.3 Å². The van der Waals surface area contributed by atoms with Crippen molar-refractivity contribution in [2.45, 2.75) is 32.1 Å². The molecule has 0 atom stereocenters. The first-order chi connectivity index (χ1) is 9.57. The predicted molar refractivity (Wildman–Crippen MR) is 83.0 cm³/mol. The van der Waals surface area contributed by atoms with E-state index in [1.54, 1.807) is 14.0 Å². The lowest BCUT2D eigenvalue weighted by molar-refractivity contribution is 0.0925. The van der Waals surface area contributed by atoms with Gasteiger partial charge < -0.3 is 10.1 Å². The number of hydrogen-bond acceptors (Lipinski definition) is 5. The Kier molecular flexibility index (Phi) is 5.92. The highest BCUT2D eigenvalue weighted by atomic mass is 32.2. The first kappa shape index (κ1) is 18.1. The third-order valence-electron chi connectivity index (χ3n) is 3.11. The fourth-order valence-electron chi connectivity index (χ4n) is 1.73. The molecule has 0 aliphatic rings. The van der Waals surface area contributed by atoms with Crippen LogP contribution in [0, 0.1) is 12.3 Å². The standard InChI is InChI=1S/C13H22N2O4S2/c1-9-11(21(14,17)18)7-10(20-9)12(16)15-8-13(2,3)5-6-19-4/h7H,5-6,8H2,1-4H3,(H,15,16)(H2,14,17,18). The molecule has 0 spiro atoms. The second-order valence-electron chi connectivity index (χ2n) is 5.67. The van der Waals surface area contributed by atoms with E-state index in [4.69, 9.17) is 9.88 Å². The summed E-state index contributed by atoms with van der Waals surface area (Å²) in [6.45, 7) is 6.79. The van der Waals surface area contributed by atoms with Gasteiger partial charge in [-0.15, -0.1) is 11.3 Å². The minimum absolute atomic E-state index is 0.0105. The number of hydrogen-bond donors (Lipinski definition) is 2. The monoisotopic (exact) mass is 334 g/mol. The van der Waals surface area contributed by atoms with Crippen LogP contribution < -0.4 is 10.5 Å². The van der Waals surface area contributed by atoms with Crippen LogP contribution in [0.15, 0.2) is 11.0 Å². The van der Waals surface area contributed by atoms with Gasteiger partial charge in [-0.25, -0.2) is 13.6 Å². The second kappa shape index (κ2) is 6.87. The molecule has 0 aliphatic heterocycles. The first-order valence-corrected chi connectivity index (χ1v) is 8.83. The number of thiophene rings is 1. The van der Waals surface area contributed by atoms with Crippen LogP contribution in [0.3, 0.4) is 0 Å². The van der Waals surface area contributed by atoms with Crippen LogP contribution in [0.25, 0.3) is 0 Å². The lowest BCUT2D eigenvalue weighted by Gasteiger charge is -2.24. The summed E-state index contributed by atoms with van der Waals surface area (Å²) in [7, 11) is -2.15. The van der Waals surface area contributed by atoms with E-state index in [1.165, 1.54) is 6.07 Å². The highest BCUT2D eigenvalue weighted by Crippen LogP contribution is 2.25. The van der Waals surface area contributed by atoms with Crippen molar-refractivity contribution in [1.82, 2.24) is 5.32 Å². The van der Waals surface area contributed by atoms with Crippen molar-refractivity contribution >= 4 is 27.3 Å². The maximum atomic E-state index is 12.1. The Morgan fingerprint density at radius 1 is 1.48 bits per heavy atom. The average Bonchev–Trinajstić information content (AvgIpc) is 2.76. The number of carbonyl (C=O) groups excluding carboxylic acids is 1. The molecule has 0 aromatic carbocycles. The molecule has 0 saturated heterocycles. The van der Waals surface area contributed by atoms with Crippen molar-refractivity contribution in [1.29, 1.82) is 0 Å². The maximum absolute atomic E-state index is 12.1. The van der Waals surface area contributed by atoms with Gasteiger partial charge in [-0.1, -0.05) is 13.8 Å². The molecule has 0 radical (unpaired) electrons. The Bertz CT molecular complexity index is 606. The van der Waals surface area contributed by atoms with Crippen LogP contribution in [-0.2, 0) is 14.8 Å². The third-order valence-corrected chi connectivity index (χ3v) is 5.33. The van der Waals surface area contributed by atoms with Gasteiger partial charge in [0.1, 0.15) is 0 Å². The van der Waals surface area contributed by atoms with E-state index in [-0.39, 0.29) is 16.2 Å². The Morgan fingerprint density at radius 3 is 2.57 bits per heavy atom. The summed E-state index contributed by atoms with van der Waals surface area (Å²) in [5, 5.41) is 7.92. The Morgan fingerprint density at radius 2 is 2.10 bits per heavy atom. The largest absolute Gasteiger partial charge is 0.385 e. The molecule has 0 saturated carbocycles. The lowest BCUT2D eigenvalue weighted by Crippen LogP contribution is -2.34. The summed E-state index contributed by atoms with van der Waals surface area (Å²) in [4.78, 5) is 13.0. The molecule has 0 aliphatic carbocycles. The third kappa shape index (κ3) is 5.39. The van der Waals surface area contributed by atoms with Gasteiger partial charge in [-0.2, -0.15) is 0 Å². The molecule has 21 heavy (non-hydrogen) atoms. The van der Waals surface area contributed by atoms with Crippen molar-refractivity contribution in [2.24, 2.45) is 10.6 Å². The normalized spacial score (nSPS) is 12.4. The molecule has 8 heteroatoms. The smallest absolute Gasteiger partial charge is 0.261 e. The summed E-state index contributed by atoms with van der Waals surface area (Å²) in [6.07, 6.45) is 0.815. The number of aryl methyl sites for hydroxylation is 1. The Balaban J connectivity index is 2.73. The number of carbonyl (C=O) groups is 1. The summed E-state index contributed by atoms with van der Waals surface area (Å²) in [5.74, 6) is -0.288. The number of ether oxygens (including phenoxy) is 1. The van der Waals surface area contributed by atoms with Crippen LogP contribution in [-0.4, -0.2) is 34.6 Å². The summed E-state index contributed by atoms with van der Waals surface area (Å²) < 4.78 is 27.8. The Hall–Kier alpha value is -0.960. The van der Waals surface area contributed by atoms with E-state index in [0.717, 1.165) is 17.8 Å². The highest BCUT2D eigenvalue weighted by Gasteiger charge is 2.22. The molecule has 1 aromatic heterocycles. The fourth-order valence-corrected chi connectivity index (χ4v) is 3.80. The molecule has 1 heterocycles. The minimum atomic E-state index is -3.79. The molecule has 120 valence electrons. The van der Waals surface area contributed by atoms with Gasteiger partial charge >= 0.3 is 0 Å². The Labute approximate surface area is 129 Å². The molecule has 1 aromatic rings. The average molecular weight is 334 g/mol. The molecule has 1 amide bonds. The summed E-state index contributed by atoms with van der Waals surface area (Å²) in [6, 6.07) is 1.33. The predicted octanol–water partition coefficient (Wildman–Crippen LogP) is 1.50. The van der Waals surface area contributed by atoms with Gasteiger partial charge in [-0.05, 0) is 24.8 Å². The van der Waals surface area contributed by atoms with E-state index >= 15 is 0 Å². The molecular formula is C13H22N2O4S2. The fraction of sp³-hybridized carbons (Fsp3) is 0.615. The van der Waals surface area contributed by atoms with E-state index in [0.29, 0.717) is 22.9 Å². The summed E-state index contributed by atoms with van der Waals surface area (Å²) >= 11 is 1.12. The lowest BCUT2D eigenvalue weighted by atomic mass is 9.90. The van der Waals surface area contributed by atoms with Gasteiger partial charge in [0, 0.05) is 25.1 Å². The van der Waals surface area contributed by atoms with Crippen LogP contribution in [0.4, 0.5) is 0 Å². The number of amides is 1. The van der Waals surface area contributed by atoms with E-state index < -0.39 is 10.0 Å². The highest BCUT2D eigenvalue weighted by molar-refractivity contribution is 7.89. The number of rotatable bonds is 7. The maximum Gasteiger partial charge on any atom is 0.261 e. The zero-order valence-electron chi connectivity index (χ0n) is 12.7.